The molecule has 0 aliphatic rings. The van der Waals surface area contributed by atoms with E-state index in [1.807, 2.05) is 48.5 Å². The molecule has 3 heteroatoms. The Hall–Kier alpha value is -2.13. The van der Waals surface area contributed by atoms with E-state index in [1.165, 1.54) is 5.56 Å². The molecule has 1 atom stereocenters. The van der Waals surface area contributed by atoms with Crippen molar-refractivity contribution >= 4 is 5.97 Å². The maximum atomic E-state index is 11.3. The molecular formula is C18H21NO2. The summed E-state index contributed by atoms with van der Waals surface area (Å²) in [4.78, 5) is 11.3. The minimum absolute atomic E-state index is 0.622. The minimum Gasteiger partial charge on any atom is -0.480 e. The summed E-state index contributed by atoms with van der Waals surface area (Å²) in [5.74, 6) is -0.829. The lowest BCUT2D eigenvalue weighted by atomic mass is 10.1. The van der Waals surface area contributed by atoms with Gasteiger partial charge in [0.2, 0.25) is 0 Å². The summed E-state index contributed by atoms with van der Waals surface area (Å²) in [5, 5.41) is 12.4. The Morgan fingerprint density at radius 2 is 1.57 bits per heavy atom. The molecule has 0 aliphatic carbocycles. The third-order valence-electron chi connectivity index (χ3n) is 3.46. The van der Waals surface area contributed by atoms with Crippen LogP contribution in [-0.4, -0.2) is 17.6 Å². The molecule has 0 fully saturated rings. The SMILES string of the molecule is O=C(O)C(NCCCCc1ccccc1)c1ccccc1. The lowest BCUT2D eigenvalue weighted by molar-refractivity contribution is -0.139. The van der Waals surface area contributed by atoms with Crippen molar-refractivity contribution in [2.75, 3.05) is 6.54 Å². The zero-order valence-electron chi connectivity index (χ0n) is 12.0. The standard InChI is InChI=1S/C18H21NO2/c20-18(21)17(16-12-5-2-6-13-16)19-14-8-7-11-15-9-3-1-4-10-15/h1-6,9-10,12-13,17,19H,7-8,11,14H2,(H,20,21). The number of nitrogens with one attached hydrogen (secondary N) is 1. The van der Waals surface area contributed by atoms with Crippen molar-refractivity contribution in [3.05, 3.63) is 71.8 Å². The fraction of sp³-hybridized carbons (Fsp3) is 0.278. The topological polar surface area (TPSA) is 49.3 Å². The molecule has 1 unspecified atom stereocenters. The highest BCUT2D eigenvalue weighted by atomic mass is 16.4. The van der Waals surface area contributed by atoms with Gasteiger partial charge in [-0.25, -0.2) is 0 Å². The second-order valence-corrected chi connectivity index (χ2v) is 5.08. The molecule has 110 valence electrons. The largest absolute Gasteiger partial charge is 0.480 e. The molecular weight excluding hydrogens is 262 g/mol. The van der Waals surface area contributed by atoms with E-state index in [0.29, 0.717) is 6.54 Å². The van der Waals surface area contributed by atoms with Gasteiger partial charge in [-0.2, -0.15) is 0 Å². The zero-order valence-corrected chi connectivity index (χ0v) is 12.0. The van der Waals surface area contributed by atoms with Crippen LogP contribution in [0.3, 0.4) is 0 Å². The first-order valence-electron chi connectivity index (χ1n) is 7.32. The van der Waals surface area contributed by atoms with Gasteiger partial charge in [-0.05, 0) is 36.9 Å². The van der Waals surface area contributed by atoms with Gasteiger partial charge in [-0.1, -0.05) is 60.7 Å². The molecule has 2 rings (SSSR count). The first-order chi connectivity index (χ1) is 10.3. The molecule has 0 radical (unpaired) electrons. The average Bonchev–Trinajstić information content (AvgIpc) is 2.52. The fourth-order valence-electron chi connectivity index (χ4n) is 2.34. The van der Waals surface area contributed by atoms with Crippen LogP contribution in [0.2, 0.25) is 0 Å². The molecule has 0 amide bonds. The number of carboxylic acid groups (broad SMARTS) is 1. The number of unbranched alkanes of at least 4 members (excludes halogenated alkanes) is 1. The van der Waals surface area contributed by atoms with Gasteiger partial charge in [0.05, 0.1) is 0 Å². The van der Waals surface area contributed by atoms with E-state index in [9.17, 15) is 9.90 Å². The van der Waals surface area contributed by atoms with Gasteiger partial charge in [0.15, 0.2) is 0 Å². The lowest BCUT2D eigenvalue weighted by Gasteiger charge is -2.14. The van der Waals surface area contributed by atoms with E-state index in [2.05, 4.69) is 17.4 Å². The molecule has 0 saturated carbocycles. The van der Waals surface area contributed by atoms with Gasteiger partial charge in [0, 0.05) is 0 Å². The van der Waals surface area contributed by atoms with Crippen molar-refractivity contribution in [2.45, 2.75) is 25.3 Å². The zero-order chi connectivity index (χ0) is 14.9. The molecule has 0 bridgehead atoms. The molecule has 0 aromatic heterocycles. The molecule has 0 spiro atoms. The van der Waals surface area contributed by atoms with Crippen LogP contribution in [0.15, 0.2) is 60.7 Å². The van der Waals surface area contributed by atoms with Crippen LogP contribution in [0.25, 0.3) is 0 Å². The highest BCUT2D eigenvalue weighted by Gasteiger charge is 2.17. The first kappa shape index (κ1) is 15.3. The number of rotatable bonds is 8. The number of carboxylic acids is 1. The van der Waals surface area contributed by atoms with E-state index in [0.717, 1.165) is 24.8 Å². The van der Waals surface area contributed by atoms with Crippen molar-refractivity contribution in [1.29, 1.82) is 0 Å². The van der Waals surface area contributed by atoms with E-state index < -0.39 is 12.0 Å². The summed E-state index contributed by atoms with van der Waals surface area (Å²) < 4.78 is 0. The second-order valence-electron chi connectivity index (χ2n) is 5.08. The Morgan fingerprint density at radius 1 is 0.952 bits per heavy atom. The van der Waals surface area contributed by atoms with Crippen LogP contribution in [-0.2, 0) is 11.2 Å². The summed E-state index contributed by atoms with van der Waals surface area (Å²) in [5.41, 5.74) is 2.13. The molecule has 2 aromatic rings. The quantitative estimate of drug-likeness (QED) is 0.730. The normalized spacial score (nSPS) is 12.0. The molecule has 3 nitrogen and oxygen atoms in total. The van der Waals surface area contributed by atoms with Crippen LogP contribution in [0, 0.1) is 0 Å². The van der Waals surface area contributed by atoms with E-state index >= 15 is 0 Å². The number of hydrogen-bond donors (Lipinski definition) is 2. The lowest BCUT2D eigenvalue weighted by Crippen LogP contribution is -2.29. The Kier molecular flexibility index (Phi) is 5.98. The molecule has 2 aromatic carbocycles. The van der Waals surface area contributed by atoms with Crippen LogP contribution in [0.1, 0.15) is 30.0 Å². The number of carbonyl (C=O) groups is 1. The van der Waals surface area contributed by atoms with E-state index in [4.69, 9.17) is 0 Å². The fourth-order valence-corrected chi connectivity index (χ4v) is 2.34. The van der Waals surface area contributed by atoms with Crippen molar-refractivity contribution in [2.24, 2.45) is 0 Å². The summed E-state index contributed by atoms with van der Waals surface area (Å²) >= 11 is 0. The monoisotopic (exact) mass is 283 g/mol. The number of aliphatic carboxylic acids is 1. The predicted octanol–water partition coefficient (Wildman–Crippen LogP) is 3.42. The van der Waals surface area contributed by atoms with Gasteiger partial charge in [-0.3, -0.25) is 4.79 Å². The third kappa shape index (κ3) is 5.04. The molecule has 0 heterocycles. The Bertz CT molecular complexity index is 540. The number of benzene rings is 2. The summed E-state index contributed by atoms with van der Waals surface area (Å²) in [6, 6.07) is 19.0. The molecule has 2 N–H and O–H groups in total. The maximum Gasteiger partial charge on any atom is 0.325 e. The van der Waals surface area contributed by atoms with Crippen molar-refractivity contribution < 1.29 is 9.90 Å². The van der Waals surface area contributed by atoms with Gasteiger partial charge in [-0.15, -0.1) is 0 Å². The van der Waals surface area contributed by atoms with Crippen molar-refractivity contribution in [3.63, 3.8) is 0 Å². The summed E-state index contributed by atoms with van der Waals surface area (Å²) in [7, 11) is 0. The van der Waals surface area contributed by atoms with Crippen LogP contribution >= 0.6 is 0 Å². The van der Waals surface area contributed by atoms with Gasteiger partial charge in [0.1, 0.15) is 6.04 Å². The molecule has 21 heavy (non-hydrogen) atoms. The molecule has 0 saturated heterocycles. The second kappa shape index (κ2) is 8.22. The Balaban J connectivity index is 1.74. The maximum absolute atomic E-state index is 11.3. The Morgan fingerprint density at radius 3 is 2.19 bits per heavy atom. The van der Waals surface area contributed by atoms with Gasteiger partial charge < -0.3 is 10.4 Å². The van der Waals surface area contributed by atoms with Crippen molar-refractivity contribution in [3.8, 4) is 0 Å². The highest BCUT2D eigenvalue weighted by molar-refractivity contribution is 5.75. The highest BCUT2D eigenvalue weighted by Crippen LogP contribution is 2.13. The first-order valence-corrected chi connectivity index (χ1v) is 7.32. The van der Waals surface area contributed by atoms with Crippen LogP contribution in [0.5, 0.6) is 0 Å². The minimum atomic E-state index is -0.829. The number of hydrogen-bond acceptors (Lipinski definition) is 2. The third-order valence-corrected chi connectivity index (χ3v) is 3.46. The Labute approximate surface area is 125 Å². The summed E-state index contributed by atoms with van der Waals surface area (Å²) in [6.07, 6.45) is 3.05. The smallest absolute Gasteiger partial charge is 0.325 e. The van der Waals surface area contributed by atoms with Gasteiger partial charge >= 0.3 is 5.97 Å². The van der Waals surface area contributed by atoms with E-state index in [-0.39, 0.29) is 0 Å². The van der Waals surface area contributed by atoms with E-state index in [1.54, 1.807) is 0 Å². The number of aryl methyl sites for hydroxylation is 1. The molecule has 0 aliphatic heterocycles. The predicted molar refractivity (Wildman–Crippen MR) is 84.2 cm³/mol. The van der Waals surface area contributed by atoms with Gasteiger partial charge in [0.25, 0.3) is 0 Å². The summed E-state index contributed by atoms with van der Waals surface area (Å²) in [6.45, 7) is 0.707. The average molecular weight is 283 g/mol. The van der Waals surface area contributed by atoms with Crippen LogP contribution < -0.4 is 5.32 Å². The van der Waals surface area contributed by atoms with Crippen molar-refractivity contribution in [1.82, 2.24) is 5.32 Å². The van der Waals surface area contributed by atoms with Crippen LogP contribution in [0.4, 0.5) is 0 Å².